The SMILES string of the molecule is CCN(CC(F)(F)F)c1nc(N)cc(Br)n1. The molecule has 0 saturated heterocycles. The van der Waals surface area contributed by atoms with Gasteiger partial charge in [0.05, 0.1) is 0 Å². The first-order chi connectivity index (χ1) is 7.31. The highest BCUT2D eigenvalue weighted by atomic mass is 79.9. The number of anilines is 2. The molecule has 0 aromatic carbocycles. The van der Waals surface area contributed by atoms with Gasteiger partial charge in [-0.2, -0.15) is 18.2 Å². The summed E-state index contributed by atoms with van der Waals surface area (Å²) in [4.78, 5) is 8.59. The highest BCUT2D eigenvalue weighted by Crippen LogP contribution is 2.21. The van der Waals surface area contributed by atoms with E-state index >= 15 is 0 Å². The van der Waals surface area contributed by atoms with Crippen molar-refractivity contribution in [2.45, 2.75) is 13.1 Å². The predicted octanol–water partition coefficient (Wildman–Crippen LogP) is 2.21. The third-order valence-corrected chi connectivity index (χ3v) is 2.14. The van der Waals surface area contributed by atoms with Crippen molar-refractivity contribution in [1.82, 2.24) is 9.97 Å². The van der Waals surface area contributed by atoms with Crippen LogP contribution in [0.15, 0.2) is 10.7 Å². The van der Waals surface area contributed by atoms with E-state index < -0.39 is 12.7 Å². The zero-order valence-corrected chi connectivity index (χ0v) is 10.0. The van der Waals surface area contributed by atoms with E-state index in [4.69, 9.17) is 5.73 Å². The maximum absolute atomic E-state index is 12.2. The first-order valence-corrected chi connectivity index (χ1v) is 5.23. The van der Waals surface area contributed by atoms with E-state index in [-0.39, 0.29) is 18.3 Å². The maximum atomic E-state index is 12.2. The number of aromatic nitrogens is 2. The normalized spacial score (nSPS) is 11.6. The third kappa shape index (κ3) is 3.84. The molecule has 0 spiro atoms. The molecule has 0 atom stereocenters. The number of nitrogen functional groups attached to an aromatic ring is 1. The van der Waals surface area contributed by atoms with Crippen molar-refractivity contribution in [2.24, 2.45) is 0 Å². The molecule has 0 fully saturated rings. The Kier molecular flexibility index (Phi) is 3.95. The summed E-state index contributed by atoms with van der Waals surface area (Å²) in [6.45, 7) is 0.640. The van der Waals surface area contributed by atoms with Crippen LogP contribution in [0.4, 0.5) is 24.9 Å². The lowest BCUT2D eigenvalue weighted by Gasteiger charge is -2.22. The van der Waals surface area contributed by atoms with Crippen LogP contribution >= 0.6 is 15.9 Å². The molecule has 4 nitrogen and oxygen atoms in total. The number of alkyl halides is 3. The second-order valence-corrected chi connectivity index (χ2v) is 3.86. The lowest BCUT2D eigenvalue weighted by Crippen LogP contribution is -2.35. The van der Waals surface area contributed by atoms with Crippen LogP contribution in [-0.2, 0) is 0 Å². The zero-order valence-electron chi connectivity index (χ0n) is 8.42. The number of hydrogen-bond acceptors (Lipinski definition) is 4. The van der Waals surface area contributed by atoms with Crippen LogP contribution in [0.3, 0.4) is 0 Å². The summed E-state index contributed by atoms with van der Waals surface area (Å²) in [5.41, 5.74) is 5.43. The zero-order chi connectivity index (χ0) is 12.3. The maximum Gasteiger partial charge on any atom is 0.406 e. The summed E-state index contributed by atoms with van der Waals surface area (Å²) in [5, 5.41) is 0. The second-order valence-electron chi connectivity index (χ2n) is 3.04. The second kappa shape index (κ2) is 4.86. The molecule has 1 rings (SSSR count). The largest absolute Gasteiger partial charge is 0.406 e. The Morgan fingerprint density at radius 3 is 2.50 bits per heavy atom. The number of nitrogens with two attached hydrogens (primary N) is 1. The van der Waals surface area contributed by atoms with Gasteiger partial charge < -0.3 is 10.6 Å². The first kappa shape index (κ1) is 13.0. The average Bonchev–Trinajstić information content (AvgIpc) is 2.11. The van der Waals surface area contributed by atoms with Gasteiger partial charge in [0.2, 0.25) is 5.95 Å². The van der Waals surface area contributed by atoms with E-state index in [1.807, 2.05) is 0 Å². The molecular weight excluding hydrogens is 289 g/mol. The smallest absolute Gasteiger partial charge is 0.383 e. The van der Waals surface area contributed by atoms with E-state index in [2.05, 4.69) is 25.9 Å². The number of nitrogens with zero attached hydrogens (tertiary/aromatic N) is 3. The molecule has 2 N–H and O–H groups in total. The van der Waals surface area contributed by atoms with Crippen molar-refractivity contribution < 1.29 is 13.2 Å². The monoisotopic (exact) mass is 298 g/mol. The van der Waals surface area contributed by atoms with Gasteiger partial charge in [0.25, 0.3) is 0 Å². The van der Waals surface area contributed by atoms with E-state index in [9.17, 15) is 13.2 Å². The molecular formula is C8H10BrF3N4. The van der Waals surface area contributed by atoms with Gasteiger partial charge in [-0.25, -0.2) is 4.98 Å². The van der Waals surface area contributed by atoms with E-state index in [0.717, 1.165) is 4.90 Å². The Bertz CT molecular complexity index is 349. The van der Waals surface area contributed by atoms with Crippen molar-refractivity contribution in [2.75, 3.05) is 23.7 Å². The van der Waals surface area contributed by atoms with Gasteiger partial charge in [-0.1, -0.05) is 0 Å². The Hall–Kier alpha value is -1.05. The van der Waals surface area contributed by atoms with Gasteiger partial charge in [0.15, 0.2) is 0 Å². The van der Waals surface area contributed by atoms with Crippen LogP contribution in [0, 0.1) is 0 Å². The highest BCUT2D eigenvalue weighted by Gasteiger charge is 2.31. The van der Waals surface area contributed by atoms with Crippen molar-refractivity contribution in [3.8, 4) is 0 Å². The molecule has 0 bridgehead atoms. The van der Waals surface area contributed by atoms with Crippen LogP contribution in [0.1, 0.15) is 6.92 Å². The summed E-state index contributed by atoms with van der Waals surface area (Å²) in [6, 6.07) is 1.42. The Labute approximate surface area is 98.8 Å². The van der Waals surface area contributed by atoms with Gasteiger partial charge in [-0.05, 0) is 22.9 Å². The Morgan fingerprint density at radius 1 is 1.44 bits per heavy atom. The van der Waals surface area contributed by atoms with E-state index in [1.165, 1.54) is 6.07 Å². The third-order valence-electron chi connectivity index (χ3n) is 1.74. The van der Waals surface area contributed by atoms with Crippen LogP contribution < -0.4 is 10.6 Å². The van der Waals surface area contributed by atoms with Gasteiger partial charge >= 0.3 is 6.18 Å². The molecule has 0 amide bonds. The highest BCUT2D eigenvalue weighted by molar-refractivity contribution is 9.10. The molecule has 90 valence electrons. The standard InChI is InChI=1S/C8H10BrF3N4/c1-2-16(4-8(10,11)12)7-14-5(9)3-6(13)15-7/h3H,2,4H2,1H3,(H2,13,14,15). The molecule has 1 aromatic heterocycles. The van der Waals surface area contributed by atoms with Gasteiger partial charge in [-0.15, -0.1) is 0 Å². The molecule has 0 aliphatic rings. The Morgan fingerprint density at radius 2 is 2.06 bits per heavy atom. The summed E-state index contributed by atoms with van der Waals surface area (Å²) in [5.74, 6) is 0.0872. The summed E-state index contributed by atoms with van der Waals surface area (Å²) in [7, 11) is 0. The van der Waals surface area contributed by atoms with Crippen molar-refractivity contribution in [3.05, 3.63) is 10.7 Å². The minimum absolute atomic E-state index is 0.0355. The van der Waals surface area contributed by atoms with Crippen LogP contribution in [0.5, 0.6) is 0 Å². The van der Waals surface area contributed by atoms with Gasteiger partial charge in [0.1, 0.15) is 17.0 Å². The summed E-state index contributed by atoms with van der Waals surface area (Å²) in [6.07, 6.45) is -4.30. The van der Waals surface area contributed by atoms with Crippen LogP contribution in [0.2, 0.25) is 0 Å². The molecule has 0 aliphatic heterocycles. The lowest BCUT2D eigenvalue weighted by molar-refractivity contribution is -0.119. The molecule has 8 heteroatoms. The Balaban J connectivity index is 2.95. The molecule has 0 saturated carbocycles. The van der Waals surface area contributed by atoms with Crippen LogP contribution in [-0.4, -0.2) is 29.2 Å². The first-order valence-electron chi connectivity index (χ1n) is 4.43. The van der Waals surface area contributed by atoms with Crippen molar-refractivity contribution in [1.29, 1.82) is 0 Å². The predicted molar refractivity (Wildman–Crippen MR) is 58.1 cm³/mol. The average molecular weight is 299 g/mol. The van der Waals surface area contributed by atoms with E-state index in [0.29, 0.717) is 4.60 Å². The fraction of sp³-hybridized carbons (Fsp3) is 0.500. The van der Waals surface area contributed by atoms with Gasteiger partial charge in [0, 0.05) is 12.6 Å². The van der Waals surface area contributed by atoms with E-state index in [1.54, 1.807) is 6.92 Å². The minimum atomic E-state index is -4.30. The molecule has 0 unspecified atom stereocenters. The topological polar surface area (TPSA) is 55.0 Å². The van der Waals surface area contributed by atoms with Crippen molar-refractivity contribution >= 4 is 27.7 Å². The molecule has 1 aromatic rings. The fourth-order valence-electron chi connectivity index (χ4n) is 1.10. The van der Waals surface area contributed by atoms with Crippen LogP contribution in [0.25, 0.3) is 0 Å². The quantitative estimate of drug-likeness (QED) is 0.869. The van der Waals surface area contributed by atoms with Gasteiger partial charge in [-0.3, -0.25) is 0 Å². The number of hydrogen-bond donors (Lipinski definition) is 1. The fourth-order valence-corrected chi connectivity index (χ4v) is 1.50. The molecule has 1 heterocycles. The van der Waals surface area contributed by atoms with Crippen molar-refractivity contribution in [3.63, 3.8) is 0 Å². The molecule has 0 radical (unpaired) electrons. The number of halogens is 4. The lowest BCUT2D eigenvalue weighted by atomic mass is 10.5. The molecule has 0 aliphatic carbocycles. The minimum Gasteiger partial charge on any atom is -0.383 e. The summed E-state index contributed by atoms with van der Waals surface area (Å²) < 4.78 is 37.1. The number of rotatable bonds is 3. The summed E-state index contributed by atoms with van der Waals surface area (Å²) >= 11 is 3.05. The molecule has 16 heavy (non-hydrogen) atoms.